The molecule has 0 bridgehead atoms. The first kappa shape index (κ1) is 25.0. The van der Waals surface area contributed by atoms with E-state index in [-0.39, 0.29) is 0 Å². The molecule has 0 aliphatic carbocycles. The van der Waals surface area contributed by atoms with Crippen molar-refractivity contribution >= 4 is 21.6 Å². The number of benzene rings is 2. The molecule has 10 heteroatoms. The summed E-state index contributed by atoms with van der Waals surface area (Å²) in [6.45, 7) is 2.31. The van der Waals surface area contributed by atoms with Crippen LogP contribution in [0.4, 0.5) is 13.2 Å². The van der Waals surface area contributed by atoms with E-state index in [0.29, 0.717) is 18.7 Å². The van der Waals surface area contributed by atoms with E-state index in [1.807, 2.05) is 13.1 Å². The molecule has 176 valence electrons. The minimum atomic E-state index is -4.75. The Bertz CT molecular complexity index is 1010. The molecule has 0 spiro atoms. The van der Waals surface area contributed by atoms with Gasteiger partial charge in [0.15, 0.2) is 0 Å². The lowest BCUT2D eigenvalue weighted by atomic mass is 10.0. The summed E-state index contributed by atoms with van der Waals surface area (Å²) < 4.78 is 68.5. The Hall–Kier alpha value is -1.65. The maximum atomic E-state index is 13.2. The molecule has 0 unspecified atom stereocenters. The summed E-state index contributed by atoms with van der Waals surface area (Å²) in [5.41, 5.74) is -0.442. The van der Waals surface area contributed by atoms with Gasteiger partial charge >= 0.3 is 6.18 Å². The van der Waals surface area contributed by atoms with Gasteiger partial charge in [-0.2, -0.15) is 13.2 Å². The number of nitrogens with one attached hydrogen (secondary N) is 1. The van der Waals surface area contributed by atoms with Crippen molar-refractivity contribution in [1.82, 2.24) is 14.5 Å². The molecule has 1 saturated heterocycles. The molecule has 2 aromatic rings. The summed E-state index contributed by atoms with van der Waals surface area (Å²) >= 11 is 5.65. The second kappa shape index (κ2) is 10.1. The summed E-state index contributed by atoms with van der Waals surface area (Å²) in [5, 5.41) is -0.543. The number of nitrogens with zero attached hydrogens (tertiary/aromatic N) is 2. The van der Waals surface area contributed by atoms with Crippen molar-refractivity contribution in [3.63, 3.8) is 0 Å². The molecule has 2 aromatic carbocycles. The van der Waals surface area contributed by atoms with Crippen LogP contribution >= 0.6 is 11.6 Å². The van der Waals surface area contributed by atoms with Crippen LogP contribution < -0.4 is 4.72 Å². The Morgan fingerprint density at radius 3 is 2.38 bits per heavy atom. The van der Waals surface area contributed by atoms with Crippen LogP contribution in [0.25, 0.3) is 0 Å². The third-order valence-electron chi connectivity index (χ3n) is 5.83. The number of rotatable bonds is 7. The summed E-state index contributed by atoms with van der Waals surface area (Å²) in [7, 11) is -0.219. The van der Waals surface area contributed by atoms with Crippen LogP contribution in [0.3, 0.4) is 0 Å². The Labute approximate surface area is 192 Å². The smallest absolute Gasteiger partial charge is 0.306 e. The second-order valence-electron chi connectivity index (χ2n) is 8.20. The number of halogens is 4. The monoisotopic (exact) mass is 489 g/mol. The van der Waals surface area contributed by atoms with Gasteiger partial charge in [0.2, 0.25) is 10.0 Å². The Kier molecular flexibility index (Phi) is 7.88. The van der Waals surface area contributed by atoms with Crippen LogP contribution in [-0.2, 0) is 16.2 Å². The number of sulfonamides is 1. The summed E-state index contributed by atoms with van der Waals surface area (Å²) in [6.07, 6.45) is -2.82. The zero-order valence-electron chi connectivity index (χ0n) is 17.9. The standard InChI is InChI=1S/C22H27ClF3N3O2S/c1-28-12-10-17(11-13-28)29(2)15-21(16-6-4-3-5-7-16)27-32(30,31)18-8-9-20(23)19(14-18)22(24,25)26/h3-9,14,17,21,27H,10-13,15H2,1-2H3/t21-/m0/s1. The molecule has 1 fully saturated rings. The van der Waals surface area contributed by atoms with Crippen LogP contribution in [-0.4, -0.2) is 58.0 Å². The molecule has 0 radical (unpaired) electrons. The van der Waals surface area contributed by atoms with Crippen LogP contribution in [0, 0.1) is 0 Å². The van der Waals surface area contributed by atoms with Gasteiger partial charge in [-0.1, -0.05) is 41.9 Å². The lowest BCUT2D eigenvalue weighted by molar-refractivity contribution is -0.137. The normalized spacial score (nSPS) is 17.6. The molecule has 1 heterocycles. The molecule has 1 aliphatic heterocycles. The van der Waals surface area contributed by atoms with Gasteiger partial charge in [0.05, 0.1) is 21.5 Å². The van der Waals surface area contributed by atoms with Gasteiger partial charge in [-0.3, -0.25) is 0 Å². The van der Waals surface area contributed by atoms with Crippen molar-refractivity contribution in [3.8, 4) is 0 Å². The zero-order chi connectivity index (χ0) is 23.5. The first-order valence-corrected chi connectivity index (χ1v) is 12.2. The number of hydrogen-bond donors (Lipinski definition) is 1. The van der Waals surface area contributed by atoms with Crippen LogP contribution in [0.5, 0.6) is 0 Å². The highest BCUT2D eigenvalue weighted by atomic mass is 35.5. The molecule has 0 aromatic heterocycles. The topological polar surface area (TPSA) is 52.6 Å². The van der Waals surface area contributed by atoms with E-state index in [0.717, 1.165) is 43.6 Å². The Balaban J connectivity index is 1.86. The minimum absolute atomic E-state index is 0.300. The van der Waals surface area contributed by atoms with Gasteiger partial charge in [-0.15, -0.1) is 0 Å². The molecule has 0 amide bonds. The summed E-state index contributed by atoms with van der Waals surface area (Å²) in [5.74, 6) is 0. The molecule has 1 N–H and O–H groups in total. The van der Waals surface area contributed by atoms with Crippen molar-refractivity contribution in [2.75, 3.05) is 33.7 Å². The molecular formula is C22H27ClF3N3O2S. The van der Waals surface area contributed by atoms with Crippen molar-refractivity contribution in [2.45, 2.75) is 36.0 Å². The van der Waals surface area contributed by atoms with Crippen molar-refractivity contribution in [1.29, 1.82) is 0 Å². The molecule has 32 heavy (non-hydrogen) atoms. The fourth-order valence-corrected chi connectivity index (χ4v) is 5.38. The Morgan fingerprint density at radius 2 is 1.78 bits per heavy atom. The molecule has 3 rings (SSSR count). The van der Waals surface area contributed by atoms with Crippen molar-refractivity contribution in [3.05, 3.63) is 64.7 Å². The van der Waals surface area contributed by atoms with E-state index in [1.165, 1.54) is 0 Å². The highest BCUT2D eigenvalue weighted by Gasteiger charge is 2.35. The second-order valence-corrected chi connectivity index (χ2v) is 10.3. The maximum absolute atomic E-state index is 13.2. The third kappa shape index (κ3) is 6.23. The summed E-state index contributed by atoms with van der Waals surface area (Å²) in [6, 6.07) is 11.3. The van der Waals surface area contributed by atoms with Gasteiger partial charge in [-0.25, -0.2) is 13.1 Å². The fourth-order valence-electron chi connectivity index (χ4n) is 3.91. The molecular weight excluding hydrogens is 463 g/mol. The SMILES string of the molecule is CN1CCC(N(C)C[C@H](NS(=O)(=O)c2ccc(Cl)c(C(F)(F)F)c2)c2ccccc2)CC1. The van der Waals surface area contributed by atoms with E-state index in [1.54, 1.807) is 24.3 Å². The first-order valence-electron chi connectivity index (χ1n) is 10.3. The van der Waals surface area contributed by atoms with Crippen LogP contribution in [0.2, 0.25) is 5.02 Å². The van der Waals surface area contributed by atoms with Gasteiger partial charge in [0, 0.05) is 12.6 Å². The number of likely N-dealkylation sites (N-methyl/N-ethyl adjacent to an activating group) is 1. The fraction of sp³-hybridized carbons (Fsp3) is 0.455. The maximum Gasteiger partial charge on any atom is 0.417 e. The predicted octanol–water partition coefficient (Wildman–Crippen LogP) is 4.40. The molecule has 1 aliphatic rings. The van der Waals surface area contributed by atoms with Crippen LogP contribution in [0.15, 0.2) is 53.4 Å². The quantitative estimate of drug-likeness (QED) is 0.626. The van der Waals surface area contributed by atoms with E-state index in [2.05, 4.69) is 21.6 Å². The van der Waals surface area contributed by atoms with Crippen LogP contribution in [0.1, 0.15) is 30.0 Å². The van der Waals surface area contributed by atoms with E-state index in [9.17, 15) is 21.6 Å². The number of alkyl halides is 3. The third-order valence-corrected chi connectivity index (χ3v) is 7.63. The average Bonchev–Trinajstić information content (AvgIpc) is 2.73. The molecule has 1 atom stereocenters. The zero-order valence-corrected chi connectivity index (χ0v) is 19.5. The van der Waals surface area contributed by atoms with Crippen molar-refractivity contribution < 1.29 is 21.6 Å². The molecule has 5 nitrogen and oxygen atoms in total. The minimum Gasteiger partial charge on any atom is -0.306 e. The van der Waals surface area contributed by atoms with E-state index in [4.69, 9.17) is 11.6 Å². The molecule has 0 saturated carbocycles. The van der Waals surface area contributed by atoms with E-state index < -0.39 is 37.7 Å². The van der Waals surface area contributed by atoms with Gasteiger partial charge in [0.25, 0.3) is 0 Å². The lowest BCUT2D eigenvalue weighted by Crippen LogP contribution is -2.45. The number of hydrogen-bond acceptors (Lipinski definition) is 4. The summed E-state index contributed by atoms with van der Waals surface area (Å²) in [4.78, 5) is 3.90. The van der Waals surface area contributed by atoms with E-state index >= 15 is 0 Å². The van der Waals surface area contributed by atoms with Gasteiger partial charge in [0.1, 0.15) is 0 Å². The van der Waals surface area contributed by atoms with Crippen molar-refractivity contribution in [2.24, 2.45) is 0 Å². The Morgan fingerprint density at radius 1 is 1.16 bits per heavy atom. The highest BCUT2D eigenvalue weighted by Crippen LogP contribution is 2.36. The lowest BCUT2D eigenvalue weighted by Gasteiger charge is -2.37. The average molecular weight is 490 g/mol. The number of piperidine rings is 1. The van der Waals surface area contributed by atoms with Gasteiger partial charge < -0.3 is 9.80 Å². The largest absolute Gasteiger partial charge is 0.417 e. The first-order chi connectivity index (χ1) is 15.0. The van der Waals surface area contributed by atoms with Gasteiger partial charge in [-0.05, 0) is 63.8 Å². The highest BCUT2D eigenvalue weighted by molar-refractivity contribution is 7.89. The number of likely N-dealkylation sites (tertiary alicyclic amines) is 1. The predicted molar refractivity (Wildman–Crippen MR) is 119 cm³/mol.